The maximum atomic E-state index is 12.8. The molecule has 4 amide bonds. The largest absolute Gasteiger partial charge is 0.480 e. The number of aliphatic carboxylic acids is 1. The molecule has 0 bridgehead atoms. The lowest BCUT2D eigenvalue weighted by atomic mass is 10.1. The van der Waals surface area contributed by atoms with Gasteiger partial charge >= 0.3 is 5.97 Å². The van der Waals surface area contributed by atoms with Gasteiger partial charge < -0.3 is 32.1 Å². The minimum absolute atomic E-state index is 0.158. The first kappa shape index (κ1) is 24.8. The lowest BCUT2D eigenvalue weighted by Gasteiger charge is -2.26. The summed E-state index contributed by atoms with van der Waals surface area (Å²) < 4.78 is 0. The molecule has 174 valence electrons. The van der Waals surface area contributed by atoms with E-state index in [2.05, 4.69) is 10.6 Å². The highest BCUT2D eigenvalue weighted by atomic mass is 16.4. The maximum absolute atomic E-state index is 12.8. The van der Waals surface area contributed by atoms with Gasteiger partial charge in [0, 0.05) is 13.0 Å². The van der Waals surface area contributed by atoms with E-state index in [-0.39, 0.29) is 18.7 Å². The second kappa shape index (κ2) is 11.8. The van der Waals surface area contributed by atoms with Gasteiger partial charge in [0.1, 0.15) is 12.1 Å². The Bertz CT molecular complexity index is 846. The van der Waals surface area contributed by atoms with Crippen molar-refractivity contribution >= 4 is 29.6 Å². The molecule has 0 aliphatic carbocycles. The molecule has 1 aliphatic heterocycles. The number of likely N-dealkylation sites (tertiary alicyclic amines) is 1. The lowest BCUT2D eigenvalue weighted by Crippen LogP contribution is -2.53. The number of benzene rings is 1. The zero-order valence-corrected chi connectivity index (χ0v) is 17.7. The van der Waals surface area contributed by atoms with Gasteiger partial charge in [-0.05, 0) is 31.2 Å². The van der Waals surface area contributed by atoms with Crippen molar-refractivity contribution in [3.63, 3.8) is 0 Å². The fourth-order valence-corrected chi connectivity index (χ4v) is 3.55. The Morgan fingerprint density at radius 3 is 2.47 bits per heavy atom. The van der Waals surface area contributed by atoms with Gasteiger partial charge in [-0.3, -0.25) is 19.2 Å². The summed E-state index contributed by atoms with van der Waals surface area (Å²) in [5.74, 6) is -3.58. The summed E-state index contributed by atoms with van der Waals surface area (Å²) in [7, 11) is 0. The number of hydrogen-bond donors (Lipinski definition) is 5. The molecule has 7 N–H and O–H groups in total. The van der Waals surface area contributed by atoms with E-state index >= 15 is 0 Å². The van der Waals surface area contributed by atoms with E-state index in [9.17, 15) is 24.0 Å². The van der Waals surface area contributed by atoms with Crippen LogP contribution in [0.15, 0.2) is 30.3 Å². The molecule has 0 saturated carbocycles. The van der Waals surface area contributed by atoms with Crippen LogP contribution < -0.4 is 22.1 Å². The number of nitrogens with zero attached hydrogens (tertiary/aromatic N) is 1. The highest BCUT2D eigenvalue weighted by Gasteiger charge is 2.36. The van der Waals surface area contributed by atoms with Crippen molar-refractivity contribution in [1.29, 1.82) is 0 Å². The third kappa shape index (κ3) is 7.34. The first-order valence-electron chi connectivity index (χ1n) is 10.4. The number of hydrogen-bond acceptors (Lipinski definition) is 6. The molecule has 0 spiro atoms. The van der Waals surface area contributed by atoms with E-state index < -0.39 is 48.4 Å². The van der Waals surface area contributed by atoms with Crippen molar-refractivity contribution in [2.24, 2.45) is 11.5 Å². The quantitative estimate of drug-likeness (QED) is 0.273. The van der Waals surface area contributed by atoms with Gasteiger partial charge in [0.25, 0.3) is 0 Å². The summed E-state index contributed by atoms with van der Waals surface area (Å²) in [5, 5.41) is 13.8. The van der Waals surface area contributed by atoms with E-state index in [0.717, 1.165) is 5.56 Å². The minimum atomic E-state index is -1.31. The Hall–Kier alpha value is -3.47. The Kier molecular flexibility index (Phi) is 9.14. The normalized spacial score (nSPS) is 17.3. The number of amides is 4. The second-order valence-corrected chi connectivity index (χ2v) is 7.67. The van der Waals surface area contributed by atoms with Gasteiger partial charge in [-0.15, -0.1) is 0 Å². The minimum Gasteiger partial charge on any atom is -0.480 e. The summed E-state index contributed by atoms with van der Waals surface area (Å²) in [6.45, 7) is -0.0758. The summed E-state index contributed by atoms with van der Waals surface area (Å²) >= 11 is 0. The molecule has 2 rings (SSSR count). The van der Waals surface area contributed by atoms with E-state index in [0.29, 0.717) is 25.8 Å². The standard InChI is InChI=1S/C21H29N5O6/c22-14(11-13-5-2-1-3-6-13)20(30)26-10-4-7-16(26)19(29)24-12-18(28)25-15(21(31)32)8-9-17(23)27/h1-3,5-6,14-16H,4,7-12,22H2,(H2,23,27)(H,24,29)(H,25,28)(H,31,32). The molecule has 32 heavy (non-hydrogen) atoms. The Balaban J connectivity index is 1.87. The molecular weight excluding hydrogens is 418 g/mol. The van der Waals surface area contributed by atoms with Crippen LogP contribution in [-0.2, 0) is 30.4 Å². The monoisotopic (exact) mass is 447 g/mol. The van der Waals surface area contributed by atoms with Crippen molar-refractivity contribution in [1.82, 2.24) is 15.5 Å². The molecule has 11 heteroatoms. The van der Waals surface area contributed by atoms with Crippen molar-refractivity contribution in [2.45, 2.75) is 50.2 Å². The molecule has 3 atom stereocenters. The van der Waals surface area contributed by atoms with E-state index in [1.54, 1.807) is 0 Å². The summed E-state index contributed by atoms with van der Waals surface area (Å²) in [6, 6.07) is 6.47. The van der Waals surface area contributed by atoms with Gasteiger partial charge in [-0.25, -0.2) is 4.79 Å². The number of carboxylic acids is 1. The molecule has 3 unspecified atom stereocenters. The van der Waals surface area contributed by atoms with Crippen LogP contribution in [0.1, 0.15) is 31.2 Å². The molecule has 11 nitrogen and oxygen atoms in total. The van der Waals surface area contributed by atoms with Crippen molar-refractivity contribution < 1.29 is 29.1 Å². The number of carbonyl (C=O) groups excluding carboxylic acids is 4. The van der Waals surface area contributed by atoms with Crippen molar-refractivity contribution in [3.05, 3.63) is 35.9 Å². The molecule has 0 aromatic heterocycles. The Morgan fingerprint density at radius 2 is 1.84 bits per heavy atom. The van der Waals surface area contributed by atoms with Crippen LogP contribution in [0.4, 0.5) is 0 Å². The molecule has 1 aromatic rings. The predicted molar refractivity (Wildman–Crippen MR) is 114 cm³/mol. The number of nitrogens with one attached hydrogen (secondary N) is 2. The molecule has 1 aliphatic rings. The van der Waals surface area contributed by atoms with Crippen LogP contribution in [0.3, 0.4) is 0 Å². The van der Waals surface area contributed by atoms with E-state index in [4.69, 9.17) is 16.6 Å². The van der Waals surface area contributed by atoms with Gasteiger partial charge in [0.05, 0.1) is 12.6 Å². The summed E-state index contributed by atoms with van der Waals surface area (Å²) in [4.78, 5) is 60.9. The number of nitrogens with two attached hydrogens (primary N) is 2. The van der Waals surface area contributed by atoms with Crippen LogP contribution in [0.25, 0.3) is 0 Å². The van der Waals surface area contributed by atoms with Crippen molar-refractivity contribution in [3.8, 4) is 0 Å². The van der Waals surface area contributed by atoms with Crippen molar-refractivity contribution in [2.75, 3.05) is 13.1 Å². The van der Waals surface area contributed by atoms with Crippen LogP contribution in [-0.4, -0.2) is 70.8 Å². The highest BCUT2D eigenvalue weighted by Crippen LogP contribution is 2.19. The molecule has 1 aromatic carbocycles. The third-order valence-electron chi connectivity index (χ3n) is 5.19. The van der Waals surface area contributed by atoms with Crippen LogP contribution >= 0.6 is 0 Å². The molecule has 0 radical (unpaired) electrons. The average molecular weight is 447 g/mol. The van der Waals surface area contributed by atoms with E-state index in [1.165, 1.54) is 4.90 Å². The molecular formula is C21H29N5O6. The first-order chi connectivity index (χ1) is 15.2. The van der Waals surface area contributed by atoms with Crippen LogP contribution in [0.2, 0.25) is 0 Å². The number of carboxylic acid groups (broad SMARTS) is 1. The van der Waals surface area contributed by atoms with Gasteiger partial charge in [0.2, 0.25) is 23.6 Å². The Morgan fingerprint density at radius 1 is 1.16 bits per heavy atom. The summed E-state index contributed by atoms with van der Waals surface area (Å²) in [5.41, 5.74) is 12.0. The molecule has 1 heterocycles. The average Bonchev–Trinajstić information content (AvgIpc) is 3.24. The summed E-state index contributed by atoms with van der Waals surface area (Å²) in [6.07, 6.45) is 1.05. The van der Waals surface area contributed by atoms with Gasteiger partial charge in [-0.2, -0.15) is 0 Å². The van der Waals surface area contributed by atoms with Gasteiger partial charge in [-0.1, -0.05) is 30.3 Å². The lowest BCUT2D eigenvalue weighted by molar-refractivity contribution is -0.142. The molecule has 1 saturated heterocycles. The topological polar surface area (TPSA) is 185 Å². The zero-order valence-electron chi connectivity index (χ0n) is 17.7. The molecule has 1 fully saturated rings. The highest BCUT2D eigenvalue weighted by molar-refractivity contribution is 5.93. The third-order valence-corrected chi connectivity index (χ3v) is 5.19. The van der Waals surface area contributed by atoms with Crippen LogP contribution in [0, 0.1) is 0 Å². The fraction of sp³-hybridized carbons (Fsp3) is 0.476. The van der Waals surface area contributed by atoms with Crippen LogP contribution in [0.5, 0.6) is 0 Å². The van der Waals surface area contributed by atoms with E-state index in [1.807, 2.05) is 30.3 Å². The Labute approximate surface area is 185 Å². The zero-order chi connectivity index (χ0) is 23.7. The van der Waals surface area contributed by atoms with Gasteiger partial charge in [0.15, 0.2) is 0 Å². The fourth-order valence-electron chi connectivity index (χ4n) is 3.55. The smallest absolute Gasteiger partial charge is 0.326 e. The number of primary amides is 1. The SMILES string of the molecule is NC(=O)CCC(NC(=O)CNC(=O)C1CCCN1C(=O)C(N)Cc1ccccc1)C(=O)O. The predicted octanol–water partition coefficient (Wildman–Crippen LogP) is -1.50. The number of rotatable bonds is 11. The number of carbonyl (C=O) groups is 5. The first-order valence-corrected chi connectivity index (χ1v) is 10.4. The maximum Gasteiger partial charge on any atom is 0.326 e. The second-order valence-electron chi connectivity index (χ2n) is 7.67.